The molecule has 1 aromatic carbocycles. The Balaban J connectivity index is 2.13. The van der Waals surface area contributed by atoms with Crippen molar-refractivity contribution in [1.82, 2.24) is 26.2 Å². The predicted octanol–water partition coefficient (Wildman–Crippen LogP) is -1.63. The molecule has 326 valence electrons. The molecule has 2 atom stereocenters. The molecule has 11 N–H and O–H groups in total. The summed E-state index contributed by atoms with van der Waals surface area (Å²) in [6, 6.07) is 6.35. The second-order valence-corrected chi connectivity index (χ2v) is 15.3. The van der Waals surface area contributed by atoms with Gasteiger partial charge in [-0.2, -0.15) is 0 Å². The van der Waals surface area contributed by atoms with Crippen LogP contribution in [-0.4, -0.2) is 144 Å². The molecule has 21 nitrogen and oxygen atoms in total. The van der Waals surface area contributed by atoms with Gasteiger partial charge >= 0.3 is 7.60 Å². The highest BCUT2D eigenvalue weighted by atomic mass is 31.2. The van der Waals surface area contributed by atoms with Gasteiger partial charge in [-0.1, -0.05) is 31.2 Å². The first kappa shape index (κ1) is 50.0. The first-order valence-electron chi connectivity index (χ1n) is 19.1. The molecule has 2 rings (SSSR count). The summed E-state index contributed by atoms with van der Waals surface area (Å²) in [6.07, 6.45) is 2.01. The molecular formula is C35H63N8O13P. The molecule has 0 bridgehead atoms. The molecule has 1 unspecified atom stereocenters. The van der Waals surface area contributed by atoms with Gasteiger partial charge in [0, 0.05) is 38.3 Å². The number of carbonyl (C=O) groups excluding carboxylic acids is 4. The first-order chi connectivity index (χ1) is 27.5. The lowest BCUT2D eigenvalue weighted by molar-refractivity contribution is -0.132. The summed E-state index contributed by atoms with van der Waals surface area (Å²) in [5.74, 6) is 13.4. The number of carbonyl (C=O) groups is 4. The van der Waals surface area contributed by atoms with Crippen LogP contribution in [0.5, 0.6) is 0 Å². The van der Waals surface area contributed by atoms with Crippen LogP contribution in [0.4, 0.5) is 0 Å². The van der Waals surface area contributed by atoms with Crippen LogP contribution in [0.2, 0.25) is 0 Å². The van der Waals surface area contributed by atoms with Crippen LogP contribution in [0, 0.1) is 5.92 Å². The van der Waals surface area contributed by atoms with Crippen LogP contribution in [0.1, 0.15) is 43.7 Å². The Morgan fingerprint density at radius 2 is 1.19 bits per heavy atom. The molecule has 22 heteroatoms. The van der Waals surface area contributed by atoms with Gasteiger partial charge in [-0.3, -0.25) is 28.6 Å². The lowest BCUT2D eigenvalue weighted by atomic mass is 9.87. The molecule has 0 spiro atoms. The summed E-state index contributed by atoms with van der Waals surface area (Å²) in [6.45, 7) is 3.62. The van der Waals surface area contributed by atoms with Crippen LogP contribution in [0.25, 0.3) is 0 Å². The van der Waals surface area contributed by atoms with Crippen molar-refractivity contribution in [2.75, 3.05) is 98.3 Å². The maximum atomic E-state index is 13.8. The number of rotatable bonds is 32. The van der Waals surface area contributed by atoms with E-state index in [-0.39, 0.29) is 129 Å². The maximum absolute atomic E-state index is 13.8. The molecule has 0 radical (unpaired) electrons. The lowest BCUT2D eigenvalue weighted by Gasteiger charge is -2.30. The third-order valence-corrected chi connectivity index (χ3v) is 10.3. The summed E-state index contributed by atoms with van der Waals surface area (Å²) >= 11 is 0. The number of nitrogens with zero attached hydrogens (tertiary/aromatic N) is 1. The van der Waals surface area contributed by atoms with Crippen molar-refractivity contribution in [3.63, 3.8) is 0 Å². The summed E-state index contributed by atoms with van der Waals surface area (Å²) in [5.41, 5.74) is 1.56. The number of amides is 4. The first-order valence-corrected chi connectivity index (χ1v) is 20.9. The zero-order valence-electron chi connectivity index (χ0n) is 32.9. The Morgan fingerprint density at radius 1 is 0.719 bits per heavy atom. The van der Waals surface area contributed by atoms with E-state index in [1.807, 2.05) is 24.3 Å². The van der Waals surface area contributed by atoms with E-state index in [4.69, 9.17) is 36.4 Å². The van der Waals surface area contributed by atoms with Gasteiger partial charge in [0.15, 0.2) is 0 Å². The molecule has 1 aromatic rings. The third-order valence-electron chi connectivity index (χ3n) is 8.83. The van der Waals surface area contributed by atoms with Gasteiger partial charge in [-0.15, -0.1) is 0 Å². The normalized spacial score (nSPS) is 17.1. The van der Waals surface area contributed by atoms with Crippen molar-refractivity contribution >= 4 is 31.2 Å². The van der Waals surface area contributed by atoms with E-state index in [0.29, 0.717) is 25.7 Å². The smallest absolute Gasteiger partial charge is 0.328 e. The average molecular weight is 835 g/mol. The fraction of sp³-hybridized carbons (Fsp3) is 0.714. The Kier molecular flexibility index (Phi) is 26.3. The van der Waals surface area contributed by atoms with Crippen molar-refractivity contribution in [3.05, 3.63) is 35.4 Å². The van der Waals surface area contributed by atoms with Gasteiger partial charge in [0.25, 0.3) is 0 Å². The van der Waals surface area contributed by atoms with Gasteiger partial charge in [-0.05, 0) is 43.2 Å². The molecule has 1 aliphatic rings. The number of nitrogens with two attached hydrogens (primary N) is 3. The maximum Gasteiger partial charge on any atom is 0.328 e. The minimum absolute atomic E-state index is 0.0437. The van der Waals surface area contributed by atoms with Crippen LogP contribution in [0.15, 0.2) is 24.3 Å². The highest BCUT2D eigenvalue weighted by Crippen LogP contribution is 2.45. The van der Waals surface area contributed by atoms with Crippen LogP contribution < -0.4 is 39.0 Å². The van der Waals surface area contributed by atoms with E-state index >= 15 is 0 Å². The fourth-order valence-corrected chi connectivity index (χ4v) is 6.58. The van der Waals surface area contributed by atoms with Crippen LogP contribution >= 0.6 is 7.60 Å². The second-order valence-electron chi connectivity index (χ2n) is 13.1. The molecule has 0 saturated heterocycles. The number of nitrogens with one attached hydrogen (secondary N) is 4. The second kappa shape index (κ2) is 30.0. The largest absolute Gasteiger partial charge is 0.377 e. The minimum atomic E-state index is -3.60. The van der Waals surface area contributed by atoms with E-state index in [9.17, 15) is 28.6 Å². The summed E-state index contributed by atoms with van der Waals surface area (Å²) in [7, 11) is -3.60. The monoisotopic (exact) mass is 834 g/mol. The molecule has 0 aliphatic heterocycles. The van der Waals surface area contributed by atoms with Crippen molar-refractivity contribution in [3.8, 4) is 0 Å². The predicted molar refractivity (Wildman–Crippen MR) is 206 cm³/mol. The van der Waals surface area contributed by atoms with Crippen molar-refractivity contribution in [2.45, 2.75) is 57.7 Å². The van der Waals surface area contributed by atoms with E-state index in [0.717, 1.165) is 11.1 Å². The summed E-state index contributed by atoms with van der Waals surface area (Å²) in [5, 5.41) is 11.3. The Bertz CT molecular complexity index is 1310. The highest BCUT2D eigenvalue weighted by Gasteiger charge is 2.31. The van der Waals surface area contributed by atoms with E-state index in [1.165, 1.54) is 4.90 Å². The van der Waals surface area contributed by atoms with Crippen molar-refractivity contribution in [1.29, 1.82) is 0 Å². The van der Waals surface area contributed by atoms with Gasteiger partial charge in [-0.25, -0.2) is 17.7 Å². The zero-order chi connectivity index (χ0) is 41.7. The molecule has 57 heavy (non-hydrogen) atoms. The topological polar surface area (TPSA) is 300 Å². The van der Waals surface area contributed by atoms with E-state index in [2.05, 4.69) is 35.8 Å². The van der Waals surface area contributed by atoms with Gasteiger partial charge < -0.3 is 59.4 Å². The Hall–Kier alpha value is -3.15. The molecular weight excluding hydrogens is 771 g/mol. The number of ether oxygens (including phenoxy) is 3. The number of benzene rings is 1. The van der Waals surface area contributed by atoms with Crippen molar-refractivity contribution < 1.29 is 61.9 Å². The Labute approximate surface area is 334 Å². The summed E-state index contributed by atoms with van der Waals surface area (Å²) < 4.78 is 33.4. The molecule has 0 heterocycles. The van der Waals surface area contributed by atoms with E-state index < -0.39 is 31.4 Å². The minimum Gasteiger partial charge on any atom is -0.377 e. The molecule has 1 saturated carbocycles. The van der Waals surface area contributed by atoms with Crippen LogP contribution in [-0.2, 0) is 70.0 Å². The highest BCUT2D eigenvalue weighted by molar-refractivity contribution is 7.52. The fourth-order valence-electron chi connectivity index (χ4n) is 5.75. The van der Waals surface area contributed by atoms with Crippen LogP contribution in [0.3, 0.4) is 0 Å². The molecule has 1 aliphatic carbocycles. The average Bonchev–Trinajstić information content (AvgIpc) is 3.20. The number of hydrogen-bond donors (Lipinski definition) is 8. The molecule has 4 amide bonds. The summed E-state index contributed by atoms with van der Waals surface area (Å²) in [4.78, 5) is 77.7. The third kappa shape index (κ3) is 22.5. The molecule has 1 fully saturated rings. The van der Waals surface area contributed by atoms with Gasteiger partial charge in [0.2, 0.25) is 23.6 Å². The van der Waals surface area contributed by atoms with Gasteiger partial charge in [0.1, 0.15) is 0 Å². The Morgan fingerprint density at radius 3 is 1.67 bits per heavy atom. The molecule has 0 aromatic heterocycles. The number of hydrogen-bond acceptors (Lipinski definition) is 16. The van der Waals surface area contributed by atoms with E-state index in [1.54, 1.807) is 6.92 Å². The van der Waals surface area contributed by atoms with Crippen molar-refractivity contribution in [2.24, 2.45) is 23.6 Å². The standard InChI is InChI=1S/C35H63N8O13P/c1-2-57(48,49)56-30-9-7-29(8-10-30)34(46)42-24-28-5-3-27(4-6-28)23-31(35(47)41-13-16-52-19-22-55-38)43(25-32(44)39-11-14-50-17-20-53-36)26-33(45)40-12-15-51-18-21-54-37/h3-6,29-31H,2,7-26,36-38H2,1H3,(H,39,44)(H,40,45)(H,41,47)(H,42,46)(H,48,49)/t29-,30+,31-/m0/s1. The lowest BCUT2D eigenvalue weighted by Crippen LogP contribution is -2.54. The SMILES string of the molecule is CCP(=O)(O)O[C@H]1CC[C@@H](C(=O)NCc2ccc(C[C@@H](C(=O)NCCOCCON)N(CC(=O)NCCOCCON)CC(=O)NCCOCCON)cc2)CC1. The van der Waals surface area contributed by atoms with Gasteiger partial charge in [0.05, 0.1) is 84.7 Å². The zero-order valence-corrected chi connectivity index (χ0v) is 33.8. The quantitative estimate of drug-likeness (QED) is 0.0230.